The van der Waals surface area contributed by atoms with Gasteiger partial charge in [0.25, 0.3) is 0 Å². The van der Waals surface area contributed by atoms with Gasteiger partial charge in [-0.2, -0.15) is 0 Å². The number of methoxy groups -OCH3 is 1. The molecule has 2 heterocycles. The lowest BCUT2D eigenvalue weighted by Gasteiger charge is -2.32. The molecule has 1 aliphatic heterocycles. The van der Waals surface area contributed by atoms with Crippen molar-refractivity contribution in [1.82, 2.24) is 4.98 Å². The number of carbonyl (C=O) groups is 1. The molecule has 0 bridgehead atoms. The summed E-state index contributed by atoms with van der Waals surface area (Å²) in [6.45, 7) is 11.9. The van der Waals surface area contributed by atoms with Crippen LogP contribution in [-0.2, 0) is 14.0 Å². The number of rotatable bonds is 3. The second kappa shape index (κ2) is 5.67. The molecule has 22 heavy (non-hydrogen) atoms. The van der Waals surface area contributed by atoms with Crippen LogP contribution in [0.5, 0.6) is 0 Å². The zero-order chi connectivity index (χ0) is 16.7. The number of carbonyl (C=O) groups excluding carboxylic acids is 1. The van der Waals surface area contributed by atoms with Crippen LogP contribution >= 0.6 is 0 Å². The minimum atomic E-state index is -0.632. The van der Waals surface area contributed by atoms with E-state index in [9.17, 15) is 4.79 Å². The maximum atomic E-state index is 12.1. The monoisotopic (exact) mass is 305 g/mol. The van der Waals surface area contributed by atoms with Crippen molar-refractivity contribution in [3.05, 3.63) is 23.5 Å². The third kappa shape index (κ3) is 2.90. The minimum absolute atomic E-state index is 0.218. The van der Waals surface area contributed by atoms with Gasteiger partial charge in [0.05, 0.1) is 18.3 Å². The first kappa shape index (κ1) is 17.0. The Morgan fingerprint density at radius 3 is 2.18 bits per heavy atom. The molecule has 5 nitrogen and oxygen atoms in total. The van der Waals surface area contributed by atoms with Gasteiger partial charge in [0.2, 0.25) is 0 Å². The number of hydrogen-bond acceptors (Lipinski definition) is 5. The first-order valence-corrected chi connectivity index (χ1v) is 7.54. The lowest BCUT2D eigenvalue weighted by molar-refractivity contribution is 0.00578. The second-order valence-electron chi connectivity index (χ2n) is 6.91. The molecule has 1 fully saturated rings. The van der Waals surface area contributed by atoms with Crippen molar-refractivity contribution in [2.45, 2.75) is 58.7 Å². The van der Waals surface area contributed by atoms with E-state index in [1.54, 1.807) is 0 Å². The van der Waals surface area contributed by atoms with Crippen molar-refractivity contribution < 1.29 is 18.8 Å². The van der Waals surface area contributed by atoms with Crippen LogP contribution in [0.15, 0.2) is 12.1 Å². The number of hydrogen-bond donors (Lipinski definition) is 0. The summed E-state index contributed by atoms with van der Waals surface area (Å²) >= 11 is 0. The van der Waals surface area contributed by atoms with Gasteiger partial charge in [-0.3, -0.25) is 0 Å². The molecule has 0 amide bonds. The van der Waals surface area contributed by atoms with Crippen molar-refractivity contribution in [2.24, 2.45) is 0 Å². The summed E-state index contributed by atoms with van der Waals surface area (Å²) in [6.07, 6.45) is 0. The first-order valence-electron chi connectivity index (χ1n) is 7.54. The third-order valence-electron chi connectivity index (χ3n) is 4.43. The Labute approximate surface area is 132 Å². The summed E-state index contributed by atoms with van der Waals surface area (Å²) in [5.41, 5.74) is 0.756. The van der Waals surface area contributed by atoms with Crippen molar-refractivity contribution >= 4 is 18.6 Å². The minimum Gasteiger partial charge on any atom is -0.464 e. The number of aromatic nitrogens is 1. The molecule has 0 N–H and O–H groups in total. The molecule has 1 aliphatic rings. The zero-order valence-electron chi connectivity index (χ0n) is 14.4. The highest BCUT2D eigenvalue weighted by molar-refractivity contribution is 6.63. The van der Waals surface area contributed by atoms with Crippen LogP contribution < -0.4 is 5.46 Å². The van der Waals surface area contributed by atoms with Crippen LogP contribution in [0.3, 0.4) is 0 Å². The molecule has 0 radical (unpaired) electrons. The molecular weight excluding hydrogens is 281 g/mol. The molecule has 1 saturated heterocycles. The highest BCUT2D eigenvalue weighted by Gasteiger charge is 2.52. The number of pyridine rings is 1. The van der Waals surface area contributed by atoms with E-state index in [1.807, 2.05) is 53.7 Å². The molecule has 0 saturated carbocycles. The fourth-order valence-electron chi connectivity index (χ4n) is 2.23. The molecule has 0 spiro atoms. The van der Waals surface area contributed by atoms with Crippen molar-refractivity contribution in [2.75, 3.05) is 7.11 Å². The van der Waals surface area contributed by atoms with Crippen molar-refractivity contribution in [3.8, 4) is 0 Å². The normalized spacial score (nSPS) is 19.5. The molecular formula is C16H24BNO4. The van der Waals surface area contributed by atoms with E-state index in [1.165, 1.54) is 7.11 Å². The van der Waals surface area contributed by atoms with E-state index in [4.69, 9.17) is 14.0 Å². The average molecular weight is 305 g/mol. The van der Waals surface area contributed by atoms with Crippen molar-refractivity contribution in [1.29, 1.82) is 0 Å². The standard InChI is InChI=1S/C16H24BNO4/c1-10(2)12-9-8-11(13(18-12)14(19)20-7)17-21-15(3,4)16(5,6)22-17/h8-10H,1-7H3. The van der Waals surface area contributed by atoms with Gasteiger partial charge in [-0.05, 0) is 39.7 Å². The Balaban J connectivity index is 2.46. The summed E-state index contributed by atoms with van der Waals surface area (Å²) in [7, 11) is 0.716. The molecule has 0 atom stereocenters. The predicted molar refractivity (Wildman–Crippen MR) is 85.4 cm³/mol. The molecule has 6 heteroatoms. The Hall–Kier alpha value is -1.40. The number of esters is 1. The molecule has 120 valence electrons. The predicted octanol–water partition coefficient (Wildman–Crippen LogP) is 2.29. The van der Waals surface area contributed by atoms with Crippen molar-refractivity contribution in [3.63, 3.8) is 0 Å². The highest BCUT2D eigenvalue weighted by atomic mass is 16.7. The molecule has 0 aliphatic carbocycles. The Morgan fingerprint density at radius 2 is 1.73 bits per heavy atom. The van der Waals surface area contributed by atoms with Crippen LogP contribution in [0.25, 0.3) is 0 Å². The Bertz CT molecular complexity index is 568. The second-order valence-corrected chi connectivity index (χ2v) is 6.91. The van der Waals surface area contributed by atoms with E-state index in [-0.39, 0.29) is 11.6 Å². The Kier molecular flexibility index (Phi) is 4.37. The molecule has 0 aromatic carbocycles. The van der Waals surface area contributed by atoms with E-state index >= 15 is 0 Å². The van der Waals surface area contributed by atoms with Crippen LogP contribution in [0.1, 0.15) is 63.6 Å². The lowest BCUT2D eigenvalue weighted by Crippen LogP contribution is -2.41. The molecule has 1 aromatic rings. The first-order chi connectivity index (χ1) is 10.1. The quantitative estimate of drug-likeness (QED) is 0.633. The highest BCUT2D eigenvalue weighted by Crippen LogP contribution is 2.36. The Morgan fingerprint density at radius 1 is 1.18 bits per heavy atom. The number of ether oxygens (including phenoxy) is 1. The summed E-state index contributed by atoms with van der Waals surface area (Å²) in [5, 5.41) is 0. The van der Waals surface area contributed by atoms with Gasteiger partial charge < -0.3 is 14.0 Å². The summed E-state index contributed by atoms with van der Waals surface area (Å²) in [5.74, 6) is -0.261. The van der Waals surface area contributed by atoms with Gasteiger partial charge in [-0.25, -0.2) is 9.78 Å². The zero-order valence-corrected chi connectivity index (χ0v) is 14.4. The summed E-state index contributed by atoms with van der Waals surface area (Å²) in [6, 6.07) is 3.74. The van der Waals surface area contributed by atoms with Crippen LogP contribution in [0.4, 0.5) is 0 Å². The van der Waals surface area contributed by atoms with Crippen LogP contribution in [0.2, 0.25) is 0 Å². The fourth-order valence-corrected chi connectivity index (χ4v) is 2.23. The summed E-state index contributed by atoms with van der Waals surface area (Å²) in [4.78, 5) is 16.5. The fraction of sp³-hybridized carbons (Fsp3) is 0.625. The largest absolute Gasteiger partial charge is 0.497 e. The van der Waals surface area contributed by atoms with E-state index in [0.717, 1.165) is 5.69 Å². The smallest absolute Gasteiger partial charge is 0.464 e. The van der Waals surface area contributed by atoms with E-state index in [2.05, 4.69) is 4.98 Å². The van der Waals surface area contributed by atoms with Gasteiger partial charge in [0.1, 0.15) is 5.69 Å². The van der Waals surface area contributed by atoms with Gasteiger partial charge in [0.15, 0.2) is 0 Å². The van der Waals surface area contributed by atoms with Crippen LogP contribution in [0, 0.1) is 0 Å². The van der Waals surface area contributed by atoms with Gasteiger partial charge in [-0.1, -0.05) is 19.9 Å². The molecule has 1 aromatic heterocycles. The number of nitrogens with zero attached hydrogens (tertiary/aromatic N) is 1. The van der Waals surface area contributed by atoms with E-state index < -0.39 is 24.3 Å². The van der Waals surface area contributed by atoms with E-state index in [0.29, 0.717) is 5.46 Å². The molecule has 0 unspecified atom stereocenters. The van der Waals surface area contributed by atoms with Gasteiger partial charge in [-0.15, -0.1) is 0 Å². The topological polar surface area (TPSA) is 57.7 Å². The summed E-state index contributed by atoms with van der Waals surface area (Å²) < 4.78 is 16.9. The lowest BCUT2D eigenvalue weighted by atomic mass is 9.77. The maximum absolute atomic E-state index is 12.1. The average Bonchev–Trinajstić information content (AvgIpc) is 2.65. The maximum Gasteiger partial charge on any atom is 0.497 e. The SMILES string of the molecule is COC(=O)c1nc(C(C)C)ccc1B1OC(C)(C)C(C)(C)O1. The van der Waals surface area contributed by atoms with Gasteiger partial charge in [0, 0.05) is 11.2 Å². The third-order valence-corrected chi connectivity index (χ3v) is 4.43. The van der Waals surface area contributed by atoms with Gasteiger partial charge >= 0.3 is 13.1 Å². The van der Waals surface area contributed by atoms with Crippen LogP contribution in [-0.4, -0.2) is 36.4 Å². The molecule has 2 rings (SSSR count).